The van der Waals surface area contributed by atoms with Crippen LogP contribution in [-0.2, 0) is 11.3 Å². The minimum Gasteiger partial charge on any atom is -0.347 e. The predicted molar refractivity (Wildman–Crippen MR) is 102 cm³/mol. The van der Waals surface area contributed by atoms with E-state index in [-0.39, 0.29) is 18.5 Å². The Bertz CT molecular complexity index is 911. The van der Waals surface area contributed by atoms with Gasteiger partial charge < -0.3 is 15.2 Å². The van der Waals surface area contributed by atoms with E-state index in [9.17, 15) is 4.79 Å². The maximum Gasteiger partial charge on any atom is 0.239 e. The number of hydrogen-bond acceptors (Lipinski definition) is 5. The van der Waals surface area contributed by atoms with E-state index >= 15 is 0 Å². The summed E-state index contributed by atoms with van der Waals surface area (Å²) >= 11 is 0. The zero-order valence-electron chi connectivity index (χ0n) is 15.6. The average molecular weight is 352 g/mol. The van der Waals surface area contributed by atoms with E-state index in [1.165, 1.54) is 0 Å². The van der Waals surface area contributed by atoms with Crippen molar-refractivity contribution >= 4 is 22.9 Å². The van der Waals surface area contributed by atoms with Gasteiger partial charge in [0.25, 0.3) is 0 Å². The summed E-state index contributed by atoms with van der Waals surface area (Å²) in [6, 6.07) is 10.2. The minimum atomic E-state index is -0.130. The van der Waals surface area contributed by atoms with Gasteiger partial charge in [-0.05, 0) is 45.9 Å². The van der Waals surface area contributed by atoms with Crippen molar-refractivity contribution in [2.24, 2.45) is 0 Å². The third-order valence-electron chi connectivity index (χ3n) is 4.02. The number of nitrogens with one attached hydrogen (secondary N) is 2. The van der Waals surface area contributed by atoms with E-state index < -0.39 is 0 Å². The second-order valence-corrected chi connectivity index (χ2v) is 6.59. The highest BCUT2D eigenvalue weighted by molar-refractivity contribution is 5.80. The number of fused-ring (bicyclic) bond motifs is 1. The molecule has 26 heavy (non-hydrogen) atoms. The fourth-order valence-electron chi connectivity index (χ4n) is 3.00. The number of hydrogen-bond donors (Lipinski definition) is 2. The van der Waals surface area contributed by atoms with Gasteiger partial charge in [0.1, 0.15) is 5.82 Å². The van der Waals surface area contributed by atoms with Crippen LogP contribution >= 0.6 is 0 Å². The lowest BCUT2D eigenvalue weighted by Crippen LogP contribution is -2.31. The van der Waals surface area contributed by atoms with Gasteiger partial charge in [0, 0.05) is 17.4 Å². The normalized spacial score (nSPS) is 11.1. The summed E-state index contributed by atoms with van der Waals surface area (Å²) in [5.74, 6) is 1.18. The first kappa shape index (κ1) is 17.8. The molecule has 0 atom stereocenters. The molecule has 136 valence electrons. The number of para-hydroxylation sites is 2. The molecule has 0 aliphatic heterocycles. The topological polar surface area (TPSA) is 84.7 Å². The molecule has 0 unspecified atom stereocenters. The van der Waals surface area contributed by atoms with Gasteiger partial charge in [-0.15, -0.1) is 0 Å². The Balaban J connectivity index is 1.64. The Morgan fingerprint density at radius 1 is 1.12 bits per heavy atom. The van der Waals surface area contributed by atoms with Crippen molar-refractivity contribution in [2.75, 3.05) is 11.9 Å². The number of anilines is 1. The quantitative estimate of drug-likeness (QED) is 0.712. The standard InChI is InChI=1S/C19H24N6O/c1-12(2)25-16-8-6-5-7-15(16)24-17(25)10-20-18(26)11-21-19-22-13(3)9-14(4)23-19/h5-9,12H,10-11H2,1-4H3,(H,20,26)(H,21,22,23). The fraction of sp³-hybridized carbons (Fsp3) is 0.368. The number of carbonyl (C=O) groups is 1. The molecule has 0 radical (unpaired) electrons. The van der Waals surface area contributed by atoms with Crippen molar-refractivity contribution in [3.63, 3.8) is 0 Å². The first-order chi connectivity index (χ1) is 12.4. The number of amides is 1. The summed E-state index contributed by atoms with van der Waals surface area (Å²) in [5, 5.41) is 5.88. The van der Waals surface area contributed by atoms with Crippen LogP contribution in [0.2, 0.25) is 0 Å². The number of rotatable bonds is 6. The van der Waals surface area contributed by atoms with Gasteiger partial charge in [-0.1, -0.05) is 12.1 Å². The average Bonchev–Trinajstić information content (AvgIpc) is 2.96. The number of aromatic nitrogens is 4. The Kier molecular flexibility index (Phi) is 5.16. The molecule has 0 spiro atoms. The van der Waals surface area contributed by atoms with Gasteiger partial charge in [0.15, 0.2) is 0 Å². The first-order valence-corrected chi connectivity index (χ1v) is 8.72. The van der Waals surface area contributed by atoms with E-state index in [0.29, 0.717) is 12.5 Å². The van der Waals surface area contributed by atoms with E-state index in [0.717, 1.165) is 28.2 Å². The lowest BCUT2D eigenvalue weighted by atomic mass is 10.3. The molecule has 7 heteroatoms. The molecule has 3 aromatic rings. The van der Waals surface area contributed by atoms with Crippen molar-refractivity contribution in [1.29, 1.82) is 0 Å². The molecular weight excluding hydrogens is 328 g/mol. The SMILES string of the molecule is Cc1cc(C)nc(NCC(=O)NCc2nc3ccccc3n2C(C)C)n1. The molecule has 1 amide bonds. The number of aryl methyl sites for hydroxylation is 2. The van der Waals surface area contributed by atoms with Gasteiger partial charge in [0.05, 0.1) is 24.1 Å². The molecule has 0 fully saturated rings. The van der Waals surface area contributed by atoms with Crippen LogP contribution in [0.3, 0.4) is 0 Å². The molecule has 0 saturated heterocycles. The number of benzene rings is 1. The molecule has 2 N–H and O–H groups in total. The van der Waals surface area contributed by atoms with Crippen molar-refractivity contribution in [2.45, 2.75) is 40.3 Å². The summed E-state index contributed by atoms with van der Waals surface area (Å²) in [7, 11) is 0. The minimum absolute atomic E-state index is 0.116. The maximum absolute atomic E-state index is 12.2. The van der Waals surface area contributed by atoms with Crippen LogP contribution < -0.4 is 10.6 Å². The highest BCUT2D eigenvalue weighted by Gasteiger charge is 2.13. The summed E-state index contributed by atoms with van der Waals surface area (Å²) < 4.78 is 2.15. The van der Waals surface area contributed by atoms with Gasteiger partial charge in [-0.25, -0.2) is 15.0 Å². The van der Waals surface area contributed by atoms with Crippen LogP contribution in [0.1, 0.15) is 37.1 Å². The largest absolute Gasteiger partial charge is 0.347 e. The van der Waals surface area contributed by atoms with Gasteiger partial charge in [-0.2, -0.15) is 0 Å². The van der Waals surface area contributed by atoms with Crippen LogP contribution in [0.25, 0.3) is 11.0 Å². The number of imidazole rings is 1. The molecule has 1 aromatic carbocycles. The molecule has 2 aromatic heterocycles. The number of carbonyl (C=O) groups excluding carboxylic acids is 1. The summed E-state index contributed by atoms with van der Waals surface area (Å²) in [6.07, 6.45) is 0. The number of nitrogens with zero attached hydrogens (tertiary/aromatic N) is 4. The monoisotopic (exact) mass is 352 g/mol. The maximum atomic E-state index is 12.2. The molecule has 2 heterocycles. The summed E-state index contributed by atoms with van der Waals surface area (Å²) in [4.78, 5) is 25.4. The summed E-state index contributed by atoms with van der Waals surface area (Å²) in [5.41, 5.74) is 3.75. The van der Waals surface area contributed by atoms with Crippen LogP contribution in [-0.4, -0.2) is 32.0 Å². The second-order valence-electron chi connectivity index (χ2n) is 6.59. The zero-order valence-corrected chi connectivity index (χ0v) is 15.6. The van der Waals surface area contributed by atoms with E-state index in [1.54, 1.807) is 0 Å². The van der Waals surface area contributed by atoms with Crippen LogP contribution in [0.5, 0.6) is 0 Å². The zero-order chi connectivity index (χ0) is 18.7. The van der Waals surface area contributed by atoms with Crippen molar-refractivity contribution in [3.05, 3.63) is 47.5 Å². The van der Waals surface area contributed by atoms with E-state index in [1.807, 2.05) is 44.2 Å². The first-order valence-electron chi connectivity index (χ1n) is 8.72. The Morgan fingerprint density at radius 2 is 1.81 bits per heavy atom. The molecular formula is C19H24N6O. The predicted octanol–water partition coefficient (Wildman–Crippen LogP) is 2.75. The third kappa shape index (κ3) is 3.99. The molecule has 3 rings (SSSR count). The Morgan fingerprint density at radius 3 is 2.50 bits per heavy atom. The summed E-state index contributed by atoms with van der Waals surface area (Å²) in [6.45, 7) is 8.51. The Labute approximate surface area is 152 Å². The Hall–Kier alpha value is -2.96. The van der Waals surface area contributed by atoms with Crippen LogP contribution in [0.15, 0.2) is 30.3 Å². The third-order valence-corrected chi connectivity index (χ3v) is 4.02. The molecule has 0 aliphatic carbocycles. The van der Waals surface area contributed by atoms with E-state index in [2.05, 4.69) is 44.0 Å². The fourth-order valence-corrected chi connectivity index (χ4v) is 3.00. The molecule has 0 bridgehead atoms. The van der Waals surface area contributed by atoms with Crippen LogP contribution in [0, 0.1) is 13.8 Å². The highest BCUT2D eigenvalue weighted by Crippen LogP contribution is 2.20. The smallest absolute Gasteiger partial charge is 0.239 e. The lowest BCUT2D eigenvalue weighted by molar-refractivity contribution is -0.119. The van der Waals surface area contributed by atoms with Crippen molar-refractivity contribution in [3.8, 4) is 0 Å². The van der Waals surface area contributed by atoms with Gasteiger partial charge in [0.2, 0.25) is 11.9 Å². The second kappa shape index (κ2) is 7.51. The molecule has 0 saturated carbocycles. The molecule has 7 nitrogen and oxygen atoms in total. The van der Waals surface area contributed by atoms with Crippen LogP contribution in [0.4, 0.5) is 5.95 Å². The molecule has 0 aliphatic rings. The lowest BCUT2D eigenvalue weighted by Gasteiger charge is -2.13. The van der Waals surface area contributed by atoms with Gasteiger partial charge in [-0.3, -0.25) is 4.79 Å². The van der Waals surface area contributed by atoms with Gasteiger partial charge >= 0.3 is 0 Å². The van der Waals surface area contributed by atoms with Crippen molar-refractivity contribution in [1.82, 2.24) is 24.8 Å². The van der Waals surface area contributed by atoms with E-state index in [4.69, 9.17) is 0 Å². The highest BCUT2D eigenvalue weighted by atomic mass is 16.1. The van der Waals surface area contributed by atoms with Crippen molar-refractivity contribution < 1.29 is 4.79 Å².